The van der Waals surface area contributed by atoms with Crippen LogP contribution in [0.3, 0.4) is 0 Å². The van der Waals surface area contributed by atoms with Gasteiger partial charge in [0.2, 0.25) is 10.0 Å². The summed E-state index contributed by atoms with van der Waals surface area (Å²) in [5, 5.41) is 1.91. The van der Waals surface area contributed by atoms with E-state index in [0.717, 1.165) is 4.88 Å². The summed E-state index contributed by atoms with van der Waals surface area (Å²) >= 11 is 4.77. The maximum atomic E-state index is 12.3. The highest BCUT2D eigenvalue weighted by Crippen LogP contribution is 2.27. The van der Waals surface area contributed by atoms with Crippen LogP contribution in [-0.4, -0.2) is 15.5 Å². The SMILES string of the molecule is COc1ccc(Br)cc1S(=O)(=O)NCc1cccs1. The van der Waals surface area contributed by atoms with E-state index in [0.29, 0.717) is 10.2 Å². The number of nitrogens with one attached hydrogen (secondary N) is 1. The molecule has 0 atom stereocenters. The largest absolute Gasteiger partial charge is 0.495 e. The third-order valence-electron chi connectivity index (χ3n) is 2.43. The Morgan fingerprint density at radius 3 is 2.79 bits per heavy atom. The first kappa shape index (κ1) is 14.5. The van der Waals surface area contributed by atoms with E-state index in [2.05, 4.69) is 20.7 Å². The lowest BCUT2D eigenvalue weighted by atomic mass is 10.3. The van der Waals surface area contributed by atoms with Crippen molar-refractivity contribution in [3.63, 3.8) is 0 Å². The van der Waals surface area contributed by atoms with Crippen LogP contribution in [0.1, 0.15) is 4.88 Å². The highest BCUT2D eigenvalue weighted by atomic mass is 79.9. The van der Waals surface area contributed by atoms with Crippen molar-refractivity contribution in [2.24, 2.45) is 0 Å². The fraction of sp³-hybridized carbons (Fsp3) is 0.167. The van der Waals surface area contributed by atoms with Crippen molar-refractivity contribution in [2.45, 2.75) is 11.4 Å². The van der Waals surface area contributed by atoms with Gasteiger partial charge in [-0.25, -0.2) is 13.1 Å². The molecular formula is C12H12BrNO3S2. The number of hydrogen-bond acceptors (Lipinski definition) is 4. The molecule has 0 saturated carbocycles. The predicted molar refractivity (Wildman–Crippen MR) is 79.0 cm³/mol. The van der Waals surface area contributed by atoms with Gasteiger partial charge in [-0.05, 0) is 29.6 Å². The van der Waals surface area contributed by atoms with E-state index in [1.54, 1.807) is 12.1 Å². The molecule has 1 aromatic heterocycles. The van der Waals surface area contributed by atoms with Gasteiger partial charge in [0.15, 0.2) is 0 Å². The van der Waals surface area contributed by atoms with Crippen molar-refractivity contribution in [2.75, 3.05) is 7.11 Å². The lowest BCUT2D eigenvalue weighted by molar-refractivity contribution is 0.402. The predicted octanol–water partition coefficient (Wildman–Crippen LogP) is 3.00. The van der Waals surface area contributed by atoms with Crippen molar-refractivity contribution in [3.8, 4) is 5.75 Å². The Morgan fingerprint density at radius 2 is 2.16 bits per heavy atom. The molecule has 0 aliphatic rings. The van der Waals surface area contributed by atoms with Crippen molar-refractivity contribution in [1.29, 1.82) is 0 Å². The fourth-order valence-corrected chi connectivity index (χ4v) is 3.97. The molecule has 0 aliphatic heterocycles. The summed E-state index contributed by atoms with van der Waals surface area (Å²) < 4.78 is 32.8. The van der Waals surface area contributed by atoms with E-state index in [1.165, 1.54) is 24.5 Å². The first-order valence-corrected chi connectivity index (χ1v) is 8.54. The second-order valence-corrected chi connectivity index (χ2v) is 7.38. The highest BCUT2D eigenvalue weighted by Gasteiger charge is 2.19. The maximum Gasteiger partial charge on any atom is 0.244 e. The van der Waals surface area contributed by atoms with Crippen LogP contribution < -0.4 is 9.46 Å². The number of sulfonamides is 1. The summed E-state index contributed by atoms with van der Waals surface area (Å²) in [7, 11) is -2.15. The van der Waals surface area contributed by atoms with Gasteiger partial charge >= 0.3 is 0 Å². The molecule has 0 aliphatic carbocycles. The van der Waals surface area contributed by atoms with Gasteiger partial charge in [-0.3, -0.25) is 0 Å². The molecule has 0 saturated heterocycles. The Kier molecular flexibility index (Phi) is 4.62. The first-order chi connectivity index (χ1) is 9.03. The van der Waals surface area contributed by atoms with Crippen LogP contribution in [0.4, 0.5) is 0 Å². The van der Waals surface area contributed by atoms with Crippen LogP contribution in [0.15, 0.2) is 45.1 Å². The van der Waals surface area contributed by atoms with Gasteiger partial charge in [-0.15, -0.1) is 11.3 Å². The normalized spacial score (nSPS) is 11.5. The van der Waals surface area contributed by atoms with Crippen molar-refractivity contribution in [3.05, 3.63) is 45.1 Å². The molecule has 19 heavy (non-hydrogen) atoms. The molecule has 0 amide bonds. The van der Waals surface area contributed by atoms with Crippen LogP contribution in [0.2, 0.25) is 0 Å². The molecule has 0 unspecified atom stereocenters. The number of thiophene rings is 1. The number of ether oxygens (including phenoxy) is 1. The van der Waals surface area contributed by atoms with Crippen LogP contribution in [0.25, 0.3) is 0 Å². The molecule has 4 nitrogen and oxygen atoms in total. The third kappa shape index (κ3) is 3.56. The summed E-state index contributed by atoms with van der Waals surface area (Å²) in [6.45, 7) is 0.273. The molecule has 1 aromatic carbocycles. The van der Waals surface area contributed by atoms with Gasteiger partial charge in [0.25, 0.3) is 0 Å². The second kappa shape index (κ2) is 6.04. The number of methoxy groups -OCH3 is 1. The average Bonchev–Trinajstić information content (AvgIpc) is 2.89. The molecule has 1 N–H and O–H groups in total. The molecule has 0 radical (unpaired) electrons. The molecule has 102 valence electrons. The molecule has 0 bridgehead atoms. The standard InChI is InChI=1S/C12H12BrNO3S2/c1-17-11-5-4-9(13)7-12(11)19(15,16)14-8-10-3-2-6-18-10/h2-7,14H,8H2,1H3. The third-order valence-corrected chi connectivity index (χ3v) is 5.22. The fourth-order valence-electron chi connectivity index (χ4n) is 1.52. The number of rotatable bonds is 5. The summed E-state index contributed by atoms with van der Waals surface area (Å²) in [6, 6.07) is 8.63. The smallest absolute Gasteiger partial charge is 0.244 e. The Hall–Kier alpha value is -0.890. The molecule has 0 spiro atoms. The van der Waals surface area contributed by atoms with Gasteiger partial charge in [0.05, 0.1) is 7.11 Å². The topological polar surface area (TPSA) is 55.4 Å². The molecule has 2 rings (SSSR count). The van der Waals surface area contributed by atoms with E-state index < -0.39 is 10.0 Å². The zero-order valence-corrected chi connectivity index (χ0v) is 13.3. The Labute approximate surface area is 124 Å². The highest BCUT2D eigenvalue weighted by molar-refractivity contribution is 9.10. The zero-order chi connectivity index (χ0) is 13.9. The number of hydrogen-bond donors (Lipinski definition) is 1. The molecular weight excluding hydrogens is 350 g/mol. The van der Waals surface area contributed by atoms with Crippen LogP contribution in [0.5, 0.6) is 5.75 Å². The summed E-state index contributed by atoms with van der Waals surface area (Å²) in [5.41, 5.74) is 0. The lowest BCUT2D eigenvalue weighted by Crippen LogP contribution is -2.23. The van der Waals surface area contributed by atoms with Crippen molar-refractivity contribution < 1.29 is 13.2 Å². The molecule has 0 fully saturated rings. The summed E-state index contributed by atoms with van der Waals surface area (Å²) in [4.78, 5) is 1.08. The Bertz CT molecular complexity index is 654. The lowest BCUT2D eigenvalue weighted by Gasteiger charge is -2.10. The quantitative estimate of drug-likeness (QED) is 0.890. The van der Waals surface area contributed by atoms with Crippen LogP contribution >= 0.6 is 27.3 Å². The summed E-state index contributed by atoms with van der Waals surface area (Å²) in [6.07, 6.45) is 0. The summed E-state index contributed by atoms with van der Waals surface area (Å²) in [5.74, 6) is 0.321. The number of halogens is 1. The zero-order valence-electron chi connectivity index (χ0n) is 10.1. The van der Waals surface area contributed by atoms with E-state index in [1.807, 2.05) is 17.5 Å². The van der Waals surface area contributed by atoms with Gasteiger partial charge in [0.1, 0.15) is 10.6 Å². The molecule has 1 heterocycles. The monoisotopic (exact) mass is 361 g/mol. The van der Waals surface area contributed by atoms with Gasteiger partial charge < -0.3 is 4.74 Å². The minimum absolute atomic E-state index is 0.126. The average molecular weight is 362 g/mol. The van der Waals surface area contributed by atoms with Crippen molar-refractivity contribution >= 4 is 37.3 Å². The van der Waals surface area contributed by atoms with E-state index in [4.69, 9.17) is 4.74 Å². The first-order valence-electron chi connectivity index (χ1n) is 5.38. The van der Waals surface area contributed by atoms with Gasteiger partial charge in [-0.2, -0.15) is 0 Å². The van der Waals surface area contributed by atoms with Crippen molar-refractivity contribution in [1.82, 2.24) is 4.72 Å². The van der Waals surface area contributed by atoms with E-state index >= 15 is 0 Å². The molecule has 7 heteroatoms. The minimum Gasteiger partial charge on any atom is -0.495 e. The van der Waals surface area contributed by atoms with E-state index in [9.17, 15) is 8.42 Å². The van der Waals surface area contributed by atoms with Crippen LogP contribution in [0, 0.1) is 0 Å². The van der Waals surface area contributed by atoms with E-state index in [-0.39, 0.29) is 11.4 Å². The Balaban J connectivity index is 2.26. The Morgan fingerprint density at radius 1 is 1.37 bits per heavy atom. The van der Waals surface area contributed by atoms with Crippen LogP contribution in [-0.2, 0) is 16.6 Å². The molecule has 2 aromatic rings. The maximum absolute atomic E-state index is 12.3. The number of benzene rings is 1. The minimum atomic E-state index is -3.60. The second-order valence-electron chi connectivity index (χ2n) is 3.70. The van der Waals surface area contributed by atoms with Gasteiger partial charge in [-0.1, -0.05) is 22.0 Å². The van der Waals surface area contributed by atoms with Gasteiger partial charge in [0, 0.05) is 15.9 Å².